The van der Waals surface area contributed by atoms with E-state index >= 15 is 0 Å². The molecule has 0 unspecified atom stereocenters. The minimum absolute atomic E-state index is 0.154. The number of benzene rings is 2. The zero-order chi connectivity index (χ0) is 16.2. The van der Waals surface area contributed by atoms with Gasteiger partial charge in [0.1, 0.15) is 0 Å². The highest BCUT2D eigenvalue weighted by Gasteiger charge is 2.17. The molecule has 0 fully saturated rings. The van der Waals surface area contributed by atoms with Crippen LogP contribution in [0.1, 0.15) is 22.8 Å². The van der Waals surface area contributed by atoms with E-state index in [0.29, 0.717) is 29.4 Å². The van der Waals surface area contributed by atoms with E-state index in [2.05, 4.69) is 15.5 Å². The molecule has 0 spiro atoms. The summed E-state index contributed by atoms with van der Waals surface area (Å²) in [4.78, 5) is 16.6. The van der Waals surface area contributed by atoms with Crippen LogP contribution in [0, 0.1) is 6.92 Å². The lowest BCUT2D eigenvalue weighted by Crippen LogP contribution is -2.23. The van der Waals surface area contributed by atoms with Gasteiger partial charge in [-0.2, -0.15) is 4.98 Å². The topological polar surface area (TPSA) is 68.0 Å². The first-order valence-corrected chi connectivity index (χ1v) is 7.47. The summed E-state index contributed by atoms with van der Waals surface area (Å²) in [5, 5.41) is 6.81. The molecule has 3 rings (SSSR count). The Morgan fingerprint density at radius 1 is 1.13 bits per heavy atom. The number of aromatic nitrogens is 2. The molecule has 0 aliphatic heterocycles. The molecular formula is C18H17N3O2. The fraction of sp³-hybridized carbons (Fsp3) is 0.167. The molecule has 1 amide bonds. The Hall–Kier alpha value is -2.95. The van der Waals surface area contributed by atoms with E-state index in [9.17, 15) is 4.79 Å². The van der Waals surface area contributed by atoms with Gasteiger partial charge in [0.05, 0.1) is 11.1 Å². The quantitative estimate of drug-likeness (QED) is 0.801. The fourth-order valence-corrected chi connectivity index (χ4v) is 2.28. The van der Waals surface area contributed by atoms with Crippen LogP contribution in [0.5, 0.6) is 0 Å². The van der Waals surface area contributed by atoms with Gasteiger partial charge in [-0.3, -0.25) is 4.79 Å². The zero-order valence-electron chi connectivity index (χ0n) is 13.0. The number of nitrogens with zero attached hydrogens (tertiary/aromatic N) is 2. The molecule has 1 heterocycles. The van der Waals surface area contributed by atoms with Crippen molar-refractivity contribution in [2.75, 3.05) is 6.54 Å². The molecule has 23 heavy (non-hydrogen) atoms. The first-order chi connectivity index (χ1) is 11.2. The van der Waals surface area contributed by atoms with Crippen molar-refractivity contribution in [2.45, 2.75) is 13.8 Å². The number of carbonyl (C=O) groups is 1. The second kappa shape index (κ2) is 6.44. The Morgan fingerprint density at radius 2 is 1.87 bits per heavy atom. The van der Waals surface area contributed by atoms with Crippen LogP contribution >= 0.6 is 0 Å². The van der Waals surface area contributed by atoms with Crippen LogP contribution < -0.4 is 5.32 Å². The van der Waals surface area contributed by atoms with Gasteiger partial charge in [0.2, 0.25) is 5.82 Å². The molecular weight excluding hydrogens is 290 g/mol. The molecule has 0 radical (unpaired) electrons. The van der Waals surface area contributed by atoms with Crippen LogP contribution in [0.4, 0.5) is 0 Å². The number of hydrogen-bond donors (Lipinski definition) is 1. The summed E-state index contributed by atoms with van der Waals surface area (Å²) in [5.41, 5.74) is 3.19. The average molecular weight is 307 g/mol. The molecule has 0 aliphatic rings. The summed E-state index contributed by atoms with van der Waals surface area (Å²) < 4.78 is 5.36. The number of carbonyl (C=O) groups excluding carboxylic acids is 1. The zero-order valence-corrected chi connectivity index (χ0v) is 13.0. The third-order valence-corrected chi connectivity index (χ3v) is 3.48. The van der Waals surface area contributed by atoms with Gasteiger partial charge in [0.25, 0.3) is 11.8 Å². The molecule has 116 valence electrons. The molecule has 1 N–H and O–H groups in total. The number of rotatable bonds is 4. The molecule has 2 aromatic carbocycles. The molecule has 1 aromatic heterocycles. The van der Waals surface area contributed by atoms with Crippen LogP contribution in [-0.4, -0.2) is 22.6 Å². The normalized spacial score (nSPS) is 10.5. The third kappa shape index (κ3) is 3.13. The number of aryl methyl sites for hydroxylation is 1. The van der Waals surface area contributed by atoms with Crippen molar-refractivity contribution in [2.24, 2.45) is 0 Å². The maximum atomic E-state index is 12.2. The van der Waals surface area contributed by atoms with Gasteiger partial charge in [-0.05, 0) is 26.0 Å². The van der Waals surface area contributed by atoms with Crippen molar-refractivity contribution in [1.29, 1.82) is 0 Å². The second-order valence-corrected chi connectivity index (χ2v) is 5.19. The van der Waals surface area contributed by atoms with Crippen LogP contribution in [0.15, 0.2) is 53.1 Å². The Labute approximate surface area is 134 Å². The Balaban J connectivity index is 1.98. The molecule has 5 heteroatoms. The highest BCUT2D eigenvalue weighted by molar-refractivity contribution is 5.99. The van der Waals surface area contributed by atoms with E-state index in [4.69, 9.17) is 4.52 Å². The molecule has 0 saturated heterocycles. The van der Waals surface area contributed by atoms with Crippen molar-refractivity contribution in [3.63, 3.8) is 0 Å². The standard InChI is InChI=1S/C18H17N3O2/c1-3-19-17(22)14-6-4-5-7-15(14)18-20-16(21-23-18)13-10-8-12(2)9-11-13/h4-11H,3H2,1-2H3,(H,19,22). The SMILES string of the molecule is CCNC(=O)c1ccccc1-c1nc(-c2ccc(C)cc2)no1. The first-order valence-electron chi connectivity index (χ1n) is 7.47. The van der Waals surface area contributed by atoms with E-state index in [1.54, 1.807) is 12.1 Å². The maximum absolute atomic E-state index is 12.2. The van der Waals surface area contributed by atoms with Crippen molar-refractivity contribution in [3.05, 3.63) is 59.7 Å². The number of hydrogen-bond acceptors (Lipinski definition) is 4. The minimum atomic E-state index is -0.154. The lowest BCUT2D eigenvalue weighted by atomic mass is 10.1. The van der Waals surface area contributed by atoms with E-state index in [1.165, 1.54) is 5.56 Å². The van der Waals surface area contributed by atoms with Crippen molar-refractivity contribution in [1.82, 2.24) is 15.5 Å². The minimum Gasteiger partial charge on any atom is -0.352 e. The van der Waals surface area contributed by atoms with Crippen LogP contribution in [0.2, 0.25) is 0 Å². The maximum Gasteiger partial charge on any atom is 0.259 e. The van der Waals surface area contributed by atoms with E-state index in [-0.39, 0.29) is 5.91 Å². The van der Waals surface area contributed by atoms with Gasteiger partial charge in [0, 0.05) is 12.1 Å². The van der Waals surface area contributed by atoms with E-state index < -0.39 is 0 Å². The van der Waals surface area contributed by atoms with Gasteiger partial charge >= 0.3 is 0 Å². The molecule has 0 bridgehead atoms. The largest absolute Gasteiger partial charge is 0.352 e. The molecule has 3 aromatic rings. The van der Waals surface area contributed by atoms with Crippen molar-refractivity contribution >= 4 is 5.91 Å². The molecule has 0 saturated carbocycles. The summed E-state index contributed by atoms with van der Waals surface area (Å²) in [5.74, 6) is 0.686. The predicted molar refractivity (Wildman–Crippen MR) is 87.9 cm³/mol. The van der Waals surface area contributed by atoms with Crippen LogP contribution in [-0.2, 0) is 0 Å². The Bertz CT molecular complexity index is 822. The van der Waals surface area contributed by atoms with Gasteiger partial charge in [-0.15, -0.1) is 0 Å². The van der Waals surface area contributed by atoms with Gasteiger partial charge in [-0.25, -0.2) is 0 Å². The lowest BCUT2D eigenvalue weighted by molar-refractivity contribution is 0.0956. The van der Waals surface area contributed by atoms with Gasteiger partial charge < -0.3 is 9.84 Å². The summed E-state index contributed by atoms with van der Waals surface area (Å²) in [6.45, 7) is 4.46. The number of amides is 1. The van der Waals surface area contributed by atoms with Gasteiger partial charge in [0.15, 0.2) is 0 Å². The number of nitrogens with one attached hydrogen (secondary N) is 1. The predicted octanol–water partition coefficient (Wildman–Crippen LogP) is 3.46. The highest BCUT2D eigenvalue weighted by atomic mass is 16.5. The molecule has 0 atom stereocenters. The first kappa shape index (κ1) is 15.0. The summed E-state index contributed by atoms with van der Waals surface area (Å²) in [7, 11) is 0. The molecule has 0 aliphatic carbocycles. The Kier molecular flexibility index (Phi) is 4.19. The summed E-state index contributed by atoms with van der Waals surface area (Å²) in [6.07, 6.45) is 0. The lowest BCUT2D eigenvalue weighted by Gasteiger charge is -2.05. The smallest absolute Gasteiger partial charge is 0.259 e. The Morgan fingerprint density at radius 3 is 2.61 bits per heavy atom. The van der Waals surface area contributed by atoms with Gasteiger partial charge in [-0.1, -0.05) is 47.1 Å². The highest BCUT2D eigenvalue weighted by Crippen LogP contribution is 2.25. The van der Waals surface area contributed by atoms with Crippen LogP contribution in [0.3, 0.4) is 0 Å². The summed E-state index contributed by atoms with van der Waals surface area (Å²) >= 11 is 0. The third-order valence-electron chi connectivity index (χ3n) is 3.48. The summed E-state index contributed by atoms with van der Waals surface area (Å²) in [6, 6.07) is 15.1. The van der Waals surface area contributed by atoms with E-state index in [0.717, 1.165) is 5.56 Å². The van der Waals surface area contributed by atoms with Crippen LogP contribution in [0.25, 0.3) is 22.8 Å². The fourth-order valence-electron chi connectivity index (χ4n) is 2.28. The van der Waals surface area contributed by atoms with Crippen molar-refractivity contribution in [3.8, 4) is 22.8 Å². The monoisotopic (exact) mass is 307 g/mol. The molecule has 5 nitrogen and oxygen atoms in total. The second-order valence-electron chi connectivity index (χ2n) is 5.19. The average Bonchev–Trinajstić information content (AvgIpc) is 3.05. The van der Waals surface area contributed by atoms with E-state index in [1.807, 2.05) is 50.2 Å². The van der Waals surface area contributed by atoms with Crippen molar-refractivity contribution < 1.29 is 9.32 Å².